The fourth-order valence-corrected chi connectivity index (χ4v) is 2.04. The van der Waals surface area contributed by atoms with Crippen molar-refractivity contribution in [3.8, 4) is 5.75 Å². The van der Waals surface area contributed by atoms with Gasteiger partial charge in [-0.1, -0.05) is 6.92 Å². The first-order valence-electron chi connectivity index (χ1n) is 6.78. The van der Waals surface area contributed by atoms with Gasteiger partial charge >= 0.3 is 0 Å². The van der Waals surface area contributed by atoms with E-state index in [1.165, 1.54) is 0 Å². The summed E-state index contributed by atoms with van der Waals surface area (Å²) in [5.74, 6) is 0.710. The van der Waals surface area contributed by atoms with Gasteiger partial charge in [0.05, 0.1) is 11.9 Å². The van der Waals surface area contributed by atoms with Gasteiger partial charge in [-0.05, 0) is 25.1 Å². The summed E-state index contributed by atoms with van der Waals surface area (Å²) in [5, 5.41) is 3.29. The zero-order valence-corrected chi connectivity index (χ0v) is 11.6. The fourth-order valence-electron chi connectivity index (χ4n) is 2.04. The van der Waals surface area contributed by atoms with Crippen LogP contribution in [0.1, 0.15) is 25.5 Å². The third-order valence-corrected chi connectivity index (χ3v) is 3.19. The molecule has 2 rings (SSSR count). The number of nitrogens with one attached hydrogen (secondary N) is 1. The second kappa shape index (κ2) is 6.52. The first-order valence-corrected chi connectivity index (χ1v) is 6.78. The lowest BCUT2D eigenvalue weighted by molar-refractivity contribution is -0.132. The molecular formula is C14H21N3O2. The highest BCUT2D eigenvalue weighted by Crippen LogP contribution is 2.17. The number of amides is 1. The molecule has 0 bridgehead atoms. The highest BCUT2D eigenvalue weighted by Gasteiger charge is 2.30. The molecule has 1 aliphatic rings. The number of pyridine rings is 1. The monoisotopic (exact) mass is 263 g/mol. The zero-order valence-electron chi connectivity index (χ0n) is 11.6. The van der Waals surface area contributed by atoms with Crippen LogP contribution < -0.4 is 10.1 Å². The van der Waals surface area contributed by atoms with E-state index in [1.807, 2.05) is 12.1 Å². The van der Waals surface area contributed by atoms with Gasteiger partial charge in [-0.2, -0.15) is 0 Å². The van der Waals surface area contributed by atoms with Gasteiger partial charge in [-0.15, -0.1) is 0 Å². The minimum Gasteiger partial charge on any atom is -0.479 e. The molecule has 2 heterocycles. The van der Waals surface area contributed by atoms with Crippen molar-refractivity contribution in [2.75, 3.05) is 20.1 Å². The maximum absolute atomic E-state index is 11.7. The van der Waals surface area contributed by atoms with Crippen molar-refractivity contribution < 1.29 is 9.53 Å². The quantitative estimate of drug-likeness (QED) is 0.783. The van der Waals surface area contributed by atoms with Gasteiger partial charge in [0.15, 0.2) is 6.10 Å². The topological polar surface area (TPSA) is 54.5 Å². The minimum absolute atomic E-state index is 0.0497. The average Bonchev–Trinajstić information content (AvgIpc) is 2.73. The summed E-state index contributed by atoms with van der Waals surface area (Å²) in [5.41, 5.74) is 0.982. The predicted molar refractivity (Wildman–Crippen MR) is 72.9 cm³/mol. The van der Waals surface area contributed by atoms with Gasteiger partial charge in [0.2, 0.25) is 0 Å². The predicted octanol–water partition coefficient (Wildman–Crippen LogP) is 1.19. The molecule has 5 heteroatoms. The maximum Gasteiger partial charge on any atom is 0.263 e. The standard InChI is InChI=1S/C14H21N3O2/c1-3-7-15-9-11-4-5-12(10-16-11)19-13-6-8-17(2)14(13)18/h4-5,10,13,15H,3,6-9H2,1-2H3. The molecule has 1 N–H and O–H groups in total. The Bertz CT molecular complexity index is 419. The molecule has 5 nitrogen and oxygen atoms in total. The Kier molecular flexibility index (Phi) is 4.74. The van der Waals surface area contributed by atoms with Crippen molar-refractivity contribution >= 4 is 5.91 Å². The zero-order chi connectivity index (χ0) is 13.7. The highest BCUT2D eigenvalue weighted by molar-refractivity contribution is 5.83. The van der Waals surface area contributed by atoms with Crippen molar-refractivity contribution in [1.82, 2.24) is 15.2 Å². The Morgan fingerprint density at radius 2 is 2.37 bits per heavy atom. The second-order valence-corrected chi connectivity index (χ2v) is 4.82. The van der Waals surface area contributed by atoms with Gasteiger partial charge in [-0.25, -0.2) is 0 Å². The van der Waals surface area contributed by atoms with Gasteiger partial charge in [0.25, 0.3) is 5.91 Å². The number of hydrogen-bond donors (Lipinski definition) is 1. The minimum atomic E-state index is -0.351. The molecule has 1 aliphatic heterocycles. The molecule has 1 saturated heterocycles. The Hall–Kier alpha value is -1.62. The number of likely N-dealkylation sites (tertiary alicyclic amines) is 1. The summed E-state index contributed by atoms with van der Waals surface area (Å²) in [6, 6.07) is 3.81. The van der Waals surface area contributed by atoms with E-state index in [1.54, 1.807) is 18.1 Å². The number of nitrogens with zero attached hydrogens (tertiary/aromatic N) is 2. The van der Waals surface area contributed by atoms with Crippen molar-refractivity contribution in [3.63, 3.8) is 0 Å². The summed E-state index contributed by atoms with van der Waals surface area (Å²) in [6.07, 6.45) is 3.19. The van der Waals surface area contributed by atoms with Crippen LogP contribution in [0.2, 0.25) is 0 Å². The Morgan fingerprint density at radius 1 is 1.53 bits per heavy atom. The summed E-state index contributed by atoms with van der Waals surface area (Å²) in [7, 11) is 1.80. The van der Waals surface area contributed by atoms with E-state index in [2.05, 4.69) is 17.2 Å². The first kappa shape index (κ1) is 13.8. The SMILES string of the molecule is CCCNCc1ccc(OC2CCN(C)C2=O)cn1. The van der Waals surface area contributed by atoms with E-state index in [4.69, 9.17) is 4.74 Å². The van der Waals surface area contributed by atoms with Crippen LogP contribution in [-0.2, 0) is 11.3 Å². The smallest absolute Gasteiger partial charge is 0.263 e. The van der Waals surface area contributed by atoms with Crippen LogP contribution in [0, 0.1) is 0 Å². The van der Waals surface area contributed by atoms with Gasteiger partial charge in [-0.3, -0.25) is 9.78 Å². The molecule has 19 heavy (non-hydrogen) atoms. The molecule has 1 atom stereocenters. The van der Waals surface area contributed by atoms with Crippen LogP contribution in [-0.4, -0.2) is 42.0 Å². The Morgan fingerprint density at radius 3 is 2.95 bits per heavy atom. The average molecular weight is 263 g/mol. The number of likely N-dealkylation sites (N-methyl/N-ethyl adjacent to an activating group) is 1. The van der Waals surface area contributed by atoms with Crippen LogP contribution in [0.25, 0.3) is 0 Å². The molecule has 0 aliphatic carbocycles. The number of ether oxygens (including phenoxy) is 1. The summed E-state index contributed by atoms with van der Waals surface area (Å²) >= 11 is 0. The molecule has 104 valence electrons. The first-order chi connectivity index (χ1) is 9.20. The molecule has 1 unspecified atom stereocenters. The van der Waals surface area contributed by atoms with Crippen molar-refractivity contribution in [1.29, 1.82) is 0 Å². The molecule has 1 fully saturated rings. The van der Waals surface area contributed by atoms with Crippen LogP contribution in [0.3, 0.4) is 0 Å². The van der Waals surface area contributed by atoms with Gasteiger partial charge in [0.1, 0.15) is 5.75 Å². The van der Waals surface area contributed by atoms with Crippen molar-refractivity contribution in [3.05, 3.63) is 24.0 Å². The third kappa shape index (κ3) is 3.67. The Balaban J connectivity index is 1.86. The highest BCUT2D eigenvalue weighted by atomic mass is 16.5. The molecule has 1 aromatic heterocycles. The summed E-state index contributed by atoms with van der Waals surface area (Å²) in [6.45, 7) is 4.64. The van der Waals surface area contributed by atoms with Crippen molar-refractivity contribution in [2.24, 2.45) is 0 Å². The molecule has 1 aromatic rings. The lowest BCUT2D eigenvalue weighted by Gasteiger charge is -2.13. The molecule has 0 radical (unpaired) electrons. The molecule has 0 spiro atoms. The van der Waals surface area contributed by atoms with Crippen LogP contribution >= 0.6 is 0 Å². The number of carbonyl (C=O) groups is 1. The number of aromatic nitrogens is 1. The summed E-state index contributed by atoms with van der Waals surface area (Å²) in [4.78, 5) is 17.7. The van der Waals surface area contributed by atoms with Crippen molar-refractivity contribution in [2.45, 2.75) is 32.4 Å². The third-order valence-electron chi connectivity index (χ3n) is 3.19. The molecule has 1 amide bonds. The van der Waals surface area contributed by atoms with E-state index < -0.39 is 0 Å². The number of rotatable bonds is 6. The molecular weight excluding hydrogens is 242 g/mol. The van der Waals surface area contributed by atoms with Crippen LogP contribution in [0.5, 0.6) is 5.75 Å². The van der Waals surface area contributed by atoms with Gasteiger partial charge in [0, 0.05) is 26.6 Å². The molecule has 0 aromatic carbocycles. The van der Waals surface area contributed by atoms with Crippen LogP contribution in [0.4, 0.5) is 0 Å². The fraction of sp³-hybridized carbons (Fsp3) is 0.571. The van der Waals surface area contributed by atoms with Gasteiger partial charge < -0.3 is 15.0 Å². The van der Waals surface area contributed by atoms with Crippen LogP contribution in [0.15, 0.2) is 18.3 Å². The van der Waals surface area contributed by atoms with E-state index in [0.717, 1.165) is 38.2 Å². The normalized spacial score (nSPS) is 18.9. The van der Waals surface area contributed by atoms with E-state index >= 15 is 0 Å². The lowest BCUT2D eigenvalue weighted by atomic mass is 10.3. The molecule has 0 saturated carbocycles. The Labute approximate surface area is 114 Å². The van der Waals surface area contributed by atoms with E-state index in [0.29, 0.717) is 5.75 Å². The van der Waals surface area contributed by atoms with E-state index in [9.17, 15) is 4.79 Å². The number of hydrogen-bond acceptors (Lipinski definition) is 4. The second-order valence-electron chi connectivity index (χ2n) is 4.82. The maximum atomic E-state index is 11.7. The lowest BCUT2D eigenvalue weighted by Crippen LogP contribution is -2.29. The number of carbonyl (C=O) groups excluding carboxylic acids is 1. The van der Waals surface area contributed by atoms with E-state index in [-0.39, 0.29) is 12.0 Å². The summed E-state index contributed by atoms with van der Waals surface area (Å²) < 4.78 is 5.66. The largest absolute Gasteiger partial charge is 0.479 e.